The smallest absolute Gasteiger partial charge is 0.0807 e. The predicted octanol–water partition coefficient (Wildman–Crippen LogP) is 3.22. The molecule has 0 saturated carbocycles. The molecule has 0 radical (unpaired) electrons. The number of para-hydroxylation sites is 1. The highest BCUT2D eigenvalue weighted by Gasteiger charge is 2.13. The largest absolute Gasteiger partial charge is 0.388 e. The molecule has 0 bridgehead atoms. The highest BCUT2D eigenvalue weighted by atomic mass is 16.3. The highest BCUT2D eigenvalue weighted by molar-refractivity contribution is 5.54. The molecule has 0 aromatic heterocycles. The van der Waals surface area contributed by atoms with Crippen molar-refractivity contribution in [3.05, 3.63) is 29.8 Å². The van der Waals surface area contributed by atoms with Crippen LogP contribution in [0.15, 0.2) is 24.3 Å². The highest BCUT2D eigenvalue weighted by Crippen LogP contribution is 2.27. The maximum Gasteiger partial charge on any atom is 0.0807 e. The molecule has 1 N–H and O–H groups in total. The number of benzene rings is 1. The third kappa shape index (κ3) is 3.24. The van der Waals surface area contributed by atoms with Gasteiger partial charge in [-0.15, -0.1) is 0 Å². The van der Waals surface area contributed by atoms with Crippen molar-refractivity contribution in [2.24, 2.45) is 5.92 Å². The van der Waals surface area contributed by atoms with Gasteiger partial charge in [-0.1, -0.05) is 39.0 Å². The Morgan fingerprint density at radius 2 is 1.88 bits per heavy atom. The minimum absolute atomic E-state index is 0.356. The molecule has 0 spiro atoms. The number of aliphatic hydroxyl groups is 1. The van der Waals surface area contributed by atoms with Crippen molar-refractivity contribution < 1.29 is 5.11 Å². The van der Waals surface area contributed by atoms with Crippen LogP contribution in [0.1, 0.15) is 38.9 Å². The Bertz CT molecular complexity index is 322. The first kappa shape index (κ1) is 13.0. The van der Waals surface area contributed by atoms with Gasteiger partial charge in [-0.3, -0.25) is 0 Å². The Balaban J connectivity index is 2.93. The molecule has 0 saturated heterocycles. The van der Waals surface area contributed by atoms with Gasteiger partial charge in [0.15, 0.2) is 0 Å². The summed E-state index contributed by atoms with van der Waals surface area (Å²) in [5, 5.41) is 9.97. The Hall–Kier alpha value is -1.02. The van der Waals surface area contributed by atoms with Crippen molar-refractivity contribution in [1.29, 1.82) is 0 Å². The zero-order valence-electron chi connectivity index (χ0n) is 10.8. The maximum absolute atomic E-state index is 9.97. The lowest BCUT2D eigenvalue weighted by molar-refractivity contribution is 0.174. The van der Waals surface area contributed by atoms with E-state index in [0.717, 1.165) is 24.2 Å². The normalized spacial score (nSPS) is 12.9. The number of aliphatic hydroxyl groups excluding tert-OH is 1. The summed E-state index contributed by atoms with van der Waals surface area (Å²) >= 11 is 0. The second-order valence-corrected chi connectivity index (χ2v) is 4.76. The van der Waals surface area contributed by atoms with Crippen LogP contribution in [-0.4, -0.2) is 18.7 Å². The van der Waals surface area contributed by atoms with Crippen molar-refractivity contribution in [2.75, 3.05) is 18.5 Å². The topological polar surface area (TPSA) is 23.5 Å². The van der Waals surface area contributed by atoms with Crippen molar-refractivity contribution in [2.45, 2.75) is 33.3 Å². The first-order chi connectivity index (χ1) is 7.56. The Morgan fingerprint density at radius 1 is 1.25 bits per heavy atom. The molecule has 0 amide bonds. The molecule has 1 aromatic rings. The summed E-state index contributed by atoms with van der Waals surface area (Å²) in [6, 6.07) is 8.11. The van der Waals surface area contributed by atoms with E-state index in [9.17, 15) is 5.11 Å². The summed E-state index contributed by atoms with van der Waals surface area (Å²) in [6.45, 7) is 7.42. The molecule has 1 atom stereocenters. The van der Waals surface area contributed by atoms with E-state index >= 15 is 0 Å². The van der Waals surface area contributed by atoms with Gasteiger partial charge in [-0.25, -0.2) is 0 Å². The molecule has 1 aromatic carbocycles. The van der Waals surface area contributed by atoms with Crippen LogP contribution < -0.4 is 4.90 Å². The minimum Gasteiger partial charge on any atom is -0.388 e. The summed E-state index contributed by atoms with van der Waals surface area (Å²) in [6.07, 6.45) is 0.401. The van der Waals surface area contributed by atoms with Gasteiger partial charge < -0.3 is 10.0 Å². The van der Waals surface area contributed by atoms with E-state index in [1.807, 2.05) is 25.1 Å². The minimum atomic E-state index is -0.356. The summed E-state index contributed by atoms with van der Waals surface area (Å²) in [5.74, 6) is 0.622. The molecule has 0 aliphatic heterocycles. The number of anilines is 1. The molecule has 0 heterocycles. The van der Waals surface area contributed by atoms with E-state index in [2.05, 4.69) is 31.9 Å². The van der Waals surface area contributed by atoms with E-state index in [4.69, 9.17) is 0 Å². The standard InChI is InChI=1S/C14H23NO/c1-5-14(16)12-8-6-7-9-13(12)15(4)10-11(2)3/h6-9,11,14,16H,5,10H2,1-4H3/t14-/m0/s1. The van der Waals surface area contributed by atoms with Crippen molar-refractivity contribution >= 4 is 5.69 Å². The molecule has 16 heavy (non-hydrogen) atoms. The lowest BCUT2D eigenvalue weighted by Crippen LogP contribution is -2.24. The number of hydrogen-bond donors (Lipinski definition) is 1. The van der Waals surface area contributed by atoms with Crippen LogP contribution in [-0.2, 0) is 0 Å². The lowest BCUT2D eigenvalue weighted by atomic mass is 10.0. The van der Waals surface area contributed by atoms with E-state index in [1.165, 1.54) is 0 Å². The average Bonchev–Trinajstić information content (AvgIpc) is 2.27. The molecule has 0 aliphatic carbocycles. The second-order valence-electron chi connectivity index (χ2n) is 4.76. The fourth-order valence-electron chi connectivity index (χ4n) is 1.98. The first-order valence-corrected chi connectivity index (χ1v) is 6.04. The monoisotopic (exact) mass is 221 g/mol. The summed E-state index contributed by atoms with van der Waals surface area (Å²) in [7, 11) is 2.08. The van der Waals surface area contributed by atoms with Crippen LogP contribution in [0.3, 0.4) is 0 Å². The molecule has 0 aliphatic rings. The van der Waals surface area contributed by atoms with E-state index in [0.29, 0.717) is 5.92 Å². The molecule has 90 valence electrons. The lowest BCUT2D eigenvalue weighted by Gasteiger charge is -2.25. The van der Waals surface area contributed by atoms with Crippen LogP contribution in [0, 0.1) is 5.92 Å². The van der Waals surface area contributed by atoms with Crippen molar-refractivity contribution in [3.8, 4) is 0 Å². The van der Waals surface area contributed by atoms with Gasteiger partial charge in [0.1, 0.15) is 0 Å². The van der Waals surface area contributed by atoms with Crippen molar-refractivity contribution in [3.63, 3.8) is 0 Å². The van der Waals surface area contributed by atoms with E-state index in [-0.39, 0.29) is 6.10 Å². The van der Waals surface area contributed by atoms with Gasteiger partial charge in [0.2, 0.25) is 0 Å². The van der Waals surface area contributed by atoms with Gasteiger partial charge in [0.25, 0.3) is 0 Å². The van der Waals surface area contributed by atoms with E-state index < -0.39 is 0 Å². The van der Waals surface area contributed by atoms with Gasteiger partial charge in [0.05, 0.1) is 6.10 Å². The predicted molar refractivity (Wildman–Crippen MR) is 69.8 cm³/mol. The zero-order chi connectivity index (χ0) is 12.1. The Morgan fingerprint density at radius 3 is 2.44 bits per heavy atom. The number of hydrogen-bond acceptors (Lipinski definition) is 2. The molecule has 0 fully saturated rings. The van der Waals surface area contributed by atoms with Crippen LogP contribution in [0.25, 0.3) is 0 Å². The third-order valence-electron chi connectivity index (χ3n) is 2.73. The number of nitrogens with zero attached hydrogens (tertiary/aromatic N) is 1. The average molecular weight is 221 g/mol. The summed E-state index contributed by atoms with van der Waals surface area (Å²) in [4.78, 5) is 2.22. The fraction of sp³-hybridized carbons (Fsp3) is 0.571. The van der Waals surface area contributed by atoms with Gasteiger partial charge in [-0.05, 0) is 18.4 Å². The fourth-order valence-corrected chi connectivity index (χ4v) is 1.98. The van der Waals surface area contributed by atoms with Crippen molar-refractivity contribution in [1.82, 2.24) is 0 Å². The molecule has 2 nitrogen and oxygen atoms in total. The third-order valence-corrected chi connectivity index (χ3v) is 2.73. The van der Waals surface area contributed by atoms with Gasteiger partial charge in [-0.2, -0.15) is 0 Å². The van der Waals surface area contributed by atoms with Crippen LogP contribution in [0.4, 0.5) is 5.69 Å². The SMILES string of the molecule is CC[C@H](O)c1ccccc1N(C)CC(C)C. The second kappa shape index (κ2) is 5.90. The quantitative estimate of drug-likeness (QED) is 0.825. The Labute approximate surface area is 98.9 Å². The maximum atomic E-state index is 9.97. The summed E-state index contributed by atoms with van der Waals surface area (Å²) < 4.78 is 0. The molecular formula is C14H23NO. The molecule has 1 rings (SSSR count). The zero-order valence-corrected chi connectivity index (χ0v) is 10.8. The summed E-state index contributed by atoms with van der Waals surface area (Å²) in [5.41, 5.74) is 2.18. The molecule has 2 heteroatoms. The van der Waals surface area contributed by atoms with Crippen LogP contribution in [0.5, 0.6) is 0 Å². The molecule has 0 unspecified atom stereocenters. The van der Waals surface area contributed by atoms with Gasteiger partial charge >= 0.3 is 0 Å². The van der Waals surface area contributed by atoms with Crippen LogP contribution in [0.2, 0.25) is 0 Å². The van der Waals surface area contributed by atoms with E-state index in [1.54, 1.807) is 0 Å². The first-order valence-electron chi connectivity index (χ1n) is 6.04. The molecular weight excluding hydrogens is 198 g/mol. The van der Waals surface area contributed by atoms with Crippen LogP contribution >= 0.6 is 0 Å². The van der Waals surface area contributed by atoms with Gasteiger partial charge in [0, 0.05) is 24.8 Å². The number of rotatable bonds is 5. The Kier molecular flexibility index (Phi) is 4.81.